The fraction of sp³-hybridized carbons (Fsp3) is 0.727. The van der Waals surface area contributed by atoms with E-state index in [-0.39, 0.29) is 5.54 Å². The summed E-state index contributed by atoms with van der Waals surface area (Å²) >= 11 is 6.17. The van der Waals surface area contributed by atoms with Gasteiger partial charge in [0, 0.05) is 42.8 Å². The van der Waals surface area contributed by atoms with Crippen LogP contribution in [0.3, 0.4) is 0 Å². The summed E-state index contributed by atoms with van der Waals surface area (Å²) in [6.07, 6.45) is 6.40. The molecule has 0 amide bonds. The van der Waals surface area contributed by atoms with Gasteiger partial charge in [0.15, 0.2) is 0 Å². The first-order chi connectivity index (χ1) is 12.5. The normalized spacial score (nSPS) is 31.5. The van der Waals surface area contributed by atoms with E-state index in [4.69, 9.17) is 11.6 Å². The first-order valence-electron chi connectivity index (χ1n) is 10.3. The molecule has 0 bridgehead atoms. The van der Waals surface area contributed by atoms with Crippen LogP contribution in [0.25, 0.3) is 0 Å². The second-order valence-corrected chi connectivity index (χ2v) is 9.07. The Morgan fingerprint density at radius 2 is 1.77 bits per heavy atom. The van der Waals surface area contributed by atoms with Gasteiger partial charge in [0.2, 0.25) is 0 Å². The van der Waals surface area contributed by atoms with Crippen LogP contribution in [0.5, 0.6) is 0 Å². The highest BCUT2D eigenvalue weighted by Crippen LogP contribution is 2.46. The van der Waals surface area contributed by atoms with E-state index in [9.17, 15) is 0 Å². The van der Waals surface area contributed by atoms with Gasteiger partial charge in [-0.3, -0.25) is 9.80 Å². The number of piperazine rings is 1. The standard InChI is InChI=1S/C22H36ClN3/c1-5-6-18-17-22(24(2)3,19-7-9-20(23)10-8-19)12-11-21(18)26-15-13-25(4)14-16-26/h7-10,18,21H,5-6,11-17H2,1-4H3. The molecular weight excluding hydrogens is 342 g/mol. The lowest BCUT2D eigenvalue weighted by Crippen LogP contribution is -2.56. The molecule has 0 aromatic heterocycles. The third kappa shape index (κ3) is 4.11. The van der Waals surface area contributed by atoms with E-state index < -0.39 is 0 Å². The zero-order chi connectivity index (χ0) is 18.7. The molecule has 1 aromatic rings. The Kier molecular flexibility index (Phi) is 6.66. The summed E-state index contributed by atoms with van der Waals surface area (Å²) in [5, 5.41) is 0.832. The third-order valence-electron chi connectivity index (χ3n) is 6.90. The topological polar surface area (TPSA) is 9.72 Å². The van der Waals surface area contributed by atoms with Crippen molar-refractivity contribution in [2.45, 2.75) is 50.6 Å². The number of halogens is 1. The van der Waals surface area contributed by atoms with Crippen LogP contribution >= 0.6 is 11.6 Å². The van der Waals surface area contributed by atoms with Gasteiger partial charge < -0.3 is 4.90 Å². The Balaban J connectivity index is 1.83. The van der Waals surface area contributed by atoms with Crippen molar-refractivity contribution in [1.29, 1.82) is 0 Å². The van der Waals surface area contributed by atoms with E-state index >= 15 is 0 Å². The van der Waals surface area contributed by atoms with Crippen molar-refractivity contribution in [2.75, 3.05) is 47.3 Å². The number of hydrogen-bond donors (Lipinski definition) is 0. The van der Waals surface area contributed by atoms with Gasteiger partial charge in [0.25, 0.3) is 0 Å². The molecule has 1 aromatic carbocycles. The zero-order valence-corrected chi connectivity index (χ0v) is 17.8. The quantitative estimate of drug-likeness (QED) is 0.756. The van der Waals surface area contributed by atoms with E-state index in [1.165, 1.54) is 63.8 Å². The number of rotatable bonds is 5. The van der Waals surface area contributed by atoms with Crippen LogP contribution in [-0.2, 0) is 5.54 Å². The molecule has 1 aliphatic heterocycles. The van der Waals surface area contributed by atoms with E-state index in [0.717, 1.165) is 17.0 Å². The van der Waals surface area contributed by atoms with Gasteiger partial charge in [-0.05, 0) is 70.4 Å². The Hall–Kier alpha value is -0.610. The smallest absolute Gasteiger partial charge is 0.0458 e. The van der Waals surface area contributed by atoms with Crippen molar-refractivity contribution < 1.29 is 0 Å². The molecule has 2 fully saturated rings. The van der Waals surface area contributed by atoms with Gasteiger partial charge >= 0.3 is 0 Å². The molecule has 3 rings (SSSR count). The molecule has 3 nitrogen and oxygen atoms in total. The van der Waals surface area contributed by atoms with Gasteiger partial charge in [-0.15, -0.1) is 0 Å². The van der Waals surface area contributed by atoms with E-state index in [2.05, 4.69) is 67.0 Å². The molecule has 1 aliphatic carbocycles. The minimum Gasteiger partial charge on any atom is -0.304 e. The lowest BCUT2D eigenvalue weighted by Gasteiger charge is -2.52. The first-order valence-corrected chi connectivity index (χ1v) is 10.7. The summed E-state index contributed by atoms with van der Waals surface area (Å²) in [6.45, 7) is 7.24. The lowest BCUT2D eigenvalue weighted by molar-refractivity contribution is -0.00930. The maximum absolute atomic E-state index is 6.17. The van der Waals surface area contributed by atoms with E-state index in [0.29, 0.717) is 0 Å². The minimum atomic E-state index is 0.146. The summed E-state index contributed by atoms with van der Waals surface area (Å²) in [6, 6.07) is 9.37. The summed E-state index contributed by atoms with van der Waals surface area (Å²) in [5.41, 5.74) is 1.58. The molecule has 3 atom stereocenters. The van der Waals surface area contributed by atoms with Gasteiger partial charge in [0.1, 0.15) is 0 Å². The molecule has 1 saturated carbocycles. The summed E-state index contributed by atoms with van der Waals surface area (Å²) < 4.78 is 0. The monoisotopic (exact) mass is 377 g/mol. The van der Waals surface area contributed by atoms with Crippen molar-refractivity contribution >= 4 is 11.6 Å². The molecule has 146 valence electrons. The van der Waals surface area contributed by atoms with Gasteiger partial charge in [0.05, 0.1) is 0 Å². The van der Waals surface area contributed by atoms with Crippen LogP contribution in [0.2, 0.25) is 5.02 Å². The fourth-order valence-electron chi connectivity index (χ4n) is 5.28. The third-order valence-corrected chi connectivity index (χ3v) is 7.15. The number of hydrogen-bond acceptors (Lipinski definition) is 3. The van der Waals surface area contributed by atoms with Crippen LogP contribution in [0.1, 0.15) is 44.6 Å². The molecule has 2 aliphatic rings. The predicted molar refractivity (Wildman–Crippen MR) is 112 cm³/mol. The lowest BCUT2D eigenvalue weighted by atomic mass is 9.67. The second kappa shape index (κ2) is 8.60. The van der Waals surface area contributed by atoms with Crippen molar-refractivity contribution in [3.63, 3.8) is 0 Å². The molecule has 1 heterocycles. The molecule has 0 spiro atoms. The van der Waals surface area contributed by atoms with Gasteiger partial charge in [-0.1, -0.05) is 37.1 Å². The fourth-order valence-corrected chi connectivity index (χ4v) is 5.41. The number of benzene rings is 1. The van der Waals surface area contributed by atoms with Crippen molar-refractivity contribution in [1.82, 2.24) is 14.7 Å². The van der Waals surface area contributed by atoms with Crippen LogP contribution in [-0.4, -0.2) is 68.1 Å². The Bertz CT molecular complexity index is 565. The average Bonchev–Trinajstić information content (AvgIpc) is 2.63. The molecule has 0 N–H and O–H groups in total. The van der Waals surface area contributed by atoms with Crippen molar-refractivity contribution in [3.8, 4) is 0 Å². The molecule has 26 heavy (non-hydrogen) atoms. The Labute approximate surface area is 165 Å². The van der Waals surface area contributed by atoms with Gasteiger partial charge in [-0.25, -0.2) is 0 Å². The SMILES string of the molecule is CCCC1CC(c2ccc(Cl)cc2)(N(C)C)CCC1N1CCN(C)CC1. The maximum atomic E-state index is 6.17. The van der Waals surface area contributed by atoms with Crippen LogP contribution in [0.15, 0.2) is 24.3 Å². The summed E-state index contributed by atoms with van der Waals surface area (Å²) in [5.74, 6) is 0.773. The Morgan fingerprint density at radius 1 is 1.12 bits per heavy atom. The van der Waals surface area contributed by atoms with Gasteiger partial charge in [-0.2, -0.15) is 0 Å². The predicted octanol–water partition coefficient (Wildman–Crippen LogP) is 4.31. The molecule has 1 saturated heterocycles. The van der Waals surface area contributed by atoms with Crippen LogP contribution in [0, 0.1) is 5.92 Å². The van der Waals surface area contributed by atoms with Crippen LogP contribution in [0.4, 0.5) is 0 Å². The first kappa shape index (κ1) is 20.1. The van der Waals surface area contributed by atoms with E-state index in [1.807, 2.05) is 0 Å². The van der Waals surface area contributed by atoms with Crippen molar-refractivity contribution in [3.05, 3.63) is 34.9 Å². The van der Waals surface area contributed by atoms with Crippen LogP contribution < -0.4 is 0 Å². The Morgan fingerprint density at radius 3 is 2.35 bits per heavy atom. The zero-order valence-electron chi connectivity index (χ0n) is 17.0. The highest BCUT2D eigenvalue weighted by Gasteiger charge is 2.44. The largest absolute Gasteiger partial charge is 0.304 e. The average molecular weight is 378 g/mol. The van der Waals surface area contributed by atoms with E-state index in [1.54, 1.807) is 0 Å². The molecule has 3 unspecified atom stereocenters. The molecule has 0 radical (unpaired) electrons. The maximum Gasteiger partial charge on any atom is 0.0458 e. The summed E-state index contributed by atoms with van der Waals surface area (Å²) in [4.78, 5) is 7.73. The molecular formula is C22H36ClN3. The van der Waals surface area contributed by atoms with Crippen molar-refractivity contribution in [2.24, 2.45) is 5.92 Å². The minimum absolute atomic E-state index is 0.146. The highest BCUT2D eigenvalue weighted by molar-refractivity contribution is 6.30. The number of nitrogens with zero attached hydrogens (tertiary/aromatic N) is 3. The second-order valence-electron chi connectivity index (χ2n) is 8.63. The summed E-state index contributed by atoms with van der Waals surface area (Å²) in [7, 11) is 6.76. The number of likely N-dealkylation sites (N-methyl/N-ethyl adjacent to an activating group) is 1. The highest BCUT2D eigenvalue weighted by atomic mass is 35.5. The molecule has 4 heteroatoms.